The van der Waals surface area contributed by atoms with E-state index in [4.69, 9.17) is 5.73 Å². The van der Waals surface area contributed by atoms with Crippen LogP contribution in [0.1, 0.15) is 24.1 Å². The van der Waals surface area contributed by atoms with Crippen molar-refractivity contribution in [1.82, 2.24) is 10.3 Å². The van der Waals surface area contributed by atoms with E-state index in [1.807, 2.05) is 23.9 Å². The minimum absolute atomic E-state index is 0.221. The predicted molar refractivity (Wildman–Crippen MR) is 87.0 cm³/mol. The van der Waals surface area contributed by atoms with Gasteiger partial charge in [-0.15, -0.1) is 11.8 Å². The topological polar surface area (TPSA) is 50.9 Å². The number of nitrogens with two attached hydrogens (primary N) is 1. The van der Waals surface area contributed by atoms with E-state index in [-0.39, 0.29) is 6.04 Å². The van der Waals surface area contributed by atoms with Gasteiger partial charge in [0.15, 0.2) is 0 Å². The van der Waals surface area contributed by atoms with Crippen LogP contribution >= 0.6 is 11.8 Å². The summed E-state index contributed by atoms with van der Waals surface area (Å²) in [6.45, 7) is 5.13. The molecule has 20 heavy (non-hydrogen) atoms. The Morgan fingerprint density at radius 1 is 1.30 bits per heavy atom. The lowest BCUT2D eigenvalue weighted by molar-refractivity contribution is 0.606. The lowest BCUT2D eigenvalue weighted by atomic mass is 10.1. The van der Waals surface area contributed by atoms with Gasteiger partial charge in [0.1, 0.15) is 5.82 Å². The maximum Gasteiger partial charge on any atom is 0.128 e. The Hall–Kier alpha value is -1.52. The molecule has 1 aromatic carbocycles. The highest BCUT2D eigenvalue weighted by Gasteiger charge is 2.14. The van der Waals surface area contributed by atoms with Crippen molar-refractivity contribution in [3.05, 3.63) is 53.7 Å². The summed E-state index contributed by atoms with van der Waals surface area (Å²) in [6.07, 6.45) is 1.73. The van der Waals surface area contributed by atoms with E-state index in [0.717, 1.165) is 17.9 Å². The van der Waals surface area contributed by atoms with Crippen molar-refractivity contribution < 1.29 is 0 Å². The largest absolute Gasteiger partial charge is 0.383 e. The second kappa shape index (κ2) is 7.31. The number of thioether (sulfide) groups is 1. The molecule has 0 spiro atoms. The third-order valence-corrected chi connectivity index (χ3v) is 4.19. The van der Waals surface area contributed by atoms with Crippen molar-refractivity contribution in [2.75, 3.05) is 18.0 Å². The fourth-order valence-electron chi connectivity index (χ4n) is 2.11. The number of nitrogens with one attached hydrogen (secondary N) is 1. The first kappa shape index (κ1) is 14.9. The number of aromatic nitrogens is 1. The number of pyridine rings is 1. The molecule has 3 N–H and O–H groups in total. The molecule has 0 saturated carbocycles. The third kappa shape index (κ3) is 3.99. The molecule has 4 heteroatoms. The zero-order valence-corrected chi connectivity index (χ0v) is 12.8. The van der Waals surface area contributed by atoms with E-state index in [2.05, 4.69) is 48.4 Å². The fourth-order valence-corrected chi connectivity index (χ4v) is 3.21. The van der Waals surface area contributed by atoms with Crippen molar-refractivity contribution in [2.24, 2.45) is 0 Å². The molecule has 0 amide bonds. The van der Waals surface area contributed by atoms with Gasteiger partial charge in [0.25, 0.3) is 0 Å². The first-order valence-corrected chi connectivity index (χ1v) is 7.82. The SMILES string of the molecule is CCNC(CSc1cccc(C)c1)c1cccnc1N. The molecule has 1 heterocycles. The maximum atomic E-state index is 5.98. The molecule has 1 unspecified atom stereocenters. The highest BCUT2D eigenvalue weighted by molar-refractivity contribution is 7.99. The van der Waals surface area contributed by atoms with Gasteiger partial charge in [-0.25, -0.2) is 4.98 Å². The predicted octanol–water partition coefficient (Wildman–Crippen LogP) is 3.42. The lowest BCUT2D eigenvalue weighted by Crippen LogP contribution is -2.24. The van der Waals surface area contributed by atoms with E-state index in [9.17, 15) is 0 Å². The van der Waals surface area contributed by atoms with Gasteiger partial charge in [0, 0.05) is 28.5 Å². The number of benzene rings is 1. The summed E-state index contributed by atoms with van der Waals surface area (Å²) >= 11 is 1.84. The number of hydrogen-bond donors (Lipinski definition) is 2. The molecule has 0 aliphatic rings. The van der Waals surface area contributed by atoms with Gasteiger partial charge >= 0.3 is 0 Å². The second-order valence-corrected chi connectivity index (χ2v) is 5.81. The summed E-state index contributed by atoms with van der Waals surface area (Å²) in [5.74, 6) is 1.55. The molecule has 2 aromatic rings. The van der Waals surface area contributed by atoms with Crippen LogP contribution < -0.4 is 11.1 Å². The standard InChI is InChI=1S/C16H21N3S/c1-3-18-15(14-8-5-9-19-16(14)17)11-20-13-7-4-6-12(2)10-13/h4-10,15,18H,3,11H2,1-2H3,(H2,17,19). The number of nitrogen functional groups attached to an aromatic ring is 1. The lowest BCUT2D eigenvalue weighted by Gasteiger charge is -2.19. The molecule has 106 valence electrons. The molecule has 0 fully saturated rings. The molecule has 0 saturated heterocycles. The van der Waals surface area contributed by atoms with Crippen molar-refractivity contribution >= 4 is 17.6 Å². The number of rotatable bonds is 6. The quantitative estimate of drug-likeness (QED) is 0.799. The first-order valence-electron chi connectivity index (χ1n) is 6.84. The highest BCUT2D eigenvalue weighted by Crippen LogP contribution is 2.27. The van der Waals surface area contributed by atoms with Crippen LogP contribution in [0.4, 0.5) is 5.82 Å². The van der Waals surface area contributed by atoms with Gasteiger partial charge in [-0.05, 0) is 31.7 Å². The van der Waals surface area contributed by atoms with Gasteiger partial charge < -0.3 is 11.1 Å². The first-order chi connectivity index (χ1) is 9.70. The Balaban J connectivity index is 2.08. The van der Waals surface area contributed by atoms with Crippen molar-refractivity contribution in [1.29, 1.82) is 0 Å². The van der Waals surface area contributed by atoms with Gasteiger partial charge in [-0.3, -0.25) is 0 Å². The normalized spacial score (nSPS) is 12.3. The number of anilines is 1. The van der Waals surface area contributed by atoms with E-state index in [1.54, 1.807) is 6.20 Å². The Bertz CT molecular complexity index is 557. The molecule has 0 aliphatic carbocycles. The van der Waals surface area contributed by atoms with Crippen LogP contribution in [0.25, 0.3) is 0 Å². The van der Waals surface area contributed by atoms with Crippen molar-refractivity contribution in [3.63, 3.8) is 0 Å². The van der Waals surface area contributed by atoms with Gasteiger partial charge in [0.05, 0.1) is 0 Å². The Kier molecular flexibility index (Phi) is 5.44. The number of aryl methyl sites for hydroxylation is 1. The molecule has 0 bridgehead atoms. The fraction of sp³-hybridized carbons (Fsp3) is 0.312. The smallest absolute Gasteiger partial charge is 0.128 e. The van der Waals surface area contributed by atoms with E-state index >= 15 is 0 Å². The molecule has 1 atom stereocenters. The van der Waals surface area contributed by atoms with Crippen molar-refractivity contribution in [3.8, 4) is 0 Å². The molecule has 1 aromatic heterocycles. The van der Waals surface area contributed by atoms with Crippen LogP contribution in [0.5, 0.6) is 0 Å². The molecular weight excluding hydrogens is 266 g/mol. The molecular formula is C16H21N3S. The van der Waals surface area contributed by atoms with E-state index in [1.165, 1.54) is 10.5 Å². The summed E-state index contributed by atoms with van der Waals surface area (Å²) in [4.78, 5) is 5.47. The van der Waals surface area contributed by atoms with Gasteiger partial charge in [-0.2, -0.15) is 0 Å². The zero-order valence-electron chi connectivity index (χ0n) is 12.0. The van der Waals surface area contributed by atoms with Crippen molar-refractivity contribution in [2.45, 2.75) is 24.8 Å². The van der Waals surface area contributed by atoms with Gasteiger partial charge in [-0.1, -0.05) is 30.7 Å². The summed E-state index contributed by atoms with van der Waals surface area (Å²) in [5.41, 5.74) is 8.35. The number of hydrogen-bond acceptors (Lipinski definition) is 4. The zero-order chi connectivity index (χ0) is 14.4. The molecule has 0 radical (unpaired) electrons. The molecule has 2 rings (SSSR count). The van der Waals surface area contributed by atoms with E-state index < -0.39 is 0 Å². The second-order valence-electron chi connectivity index (χ2n) is 4.72. The minimum Gasteiger partial charge on any atom is -0.383 e. The molecule has 0 aliphatic heterocycles. The highest BCUT2D eigenvalue weighted by atomic mass is 32.2. The summed E-state index contributed by atoms with van der Waals surface area (Å²) in [7, 11) is 0. The maximum absolute atomic E-state index is 5.98. The van der Waals surface area contributed by atoms with Crippen LogP contribution in [-0.2, 0) is 0 Å². The van der Waals surface area contributed by atoms with Crippen LogP contribution in [0.2, 0.25) is 0 Å². The van der Waals surface area contributed by atoms with Crippen LogP contribution in [0, 0.1) is 6.92 Å². The Labute approximate surface area is 125 Å². The monoisotopic (exact) mass is 287 g/mol. The summed E-state index contributed by atoms with van der Waals surface area (Å²) < 4.78 is 0. The third-order valence-electron chi connectivity index (χ3n) is 3.10. The number of nitrogens with zero attached hydrogens (tertiary/aromatic N) is 1. The summed E-state index contributed by atoms with van der Waals surface area (Å²) in [6, 6.07) is 12.8. The van der Waals surface area contributed by atoms with Gasteiger partial charge in [0.2, 0.25) is 0 Å². The molecule has 3 nitrogen and oxygen atoms in total. The summed E-state index contributed by atoms with van der Waals surface area (Å²) in [5, 5.41) is 3.48. The Morgan fingerprint density at radius 2 is 2.15 bits per heavy atom. The van der Waals surface area contributed by atoms with Crippen LogP contribution in [0.3, 0.4) is 0 Å². The van der Waals surface area contributed by atoms with E-state index in [0.29, 0.717) is 5.82 Å². The van der Waals surface area contributed by atoms with Crippen LogP contribution in [-0.4, -0.2) is 17.3 Å². The Morgan fingerprint density at radius 3 is 2.85 bits per heavy atom. The minimum atomic E-state index is 0.221. The average molecular weight is 287 g/mol. The van der Waals surface area contributed by atoms with Crippen LogP contribution in [0.15, 0.2) is 47.5 Å². The average Bonchev–Trinajstić information content (AvgIpc) is 2.44.